The summed E-state index contributed by atoms with van der Waals surface area (Å²) in [6, 6.07) is 3.03. The van der Waals surface area contributed by atoms with Crippen molar-refractivity contribution >= 4 is 17.5 Å². The fourth-order valence-electron chi connectivity index (χ4n) is 1.40. The Morgan fingerprint density at radius 2 is 2.12 bits per heavy atom. The summed E-state index contributed by atoms with van der Waals surface area (Å²) >= 11 is 5.53. The molecule has 1 aromatic rings. The summed E-state index contributed by atoms with van der Waals surface area (Å²) in [5, 5.41) is 2.69. The first-order valence-electron chi connectivity index (χ1n) is 5.36. The lowest BCUT2D eigenvalue weighted by Crippen LogP contribution is -2.32. The average Bonchev–Trinajstić information content (AvgIpc) is 2.30. The second kappa shape index (κ2) is 6.55. The number of nitrogens with one attached hydrogen (secondary N) is 1. The Hall–Kier alpha value is -1.16. The average molecular weight is 262 g/mol. The Balaban J connectivity index is 2.60. The Morgan fingerprint density at radius 3 is 2.71 bits per heavy atom. The third-order valence-electron chi connectivity index (χ3n) is 2.33. The molecule has 17 heavy (non-hydrogen) atoms. The molecular formula is C12H14ClF2NO. The van der Waals surface area contributed by atoms with Crippen LogP contribution in [-0.2, 0) is 0 Å². The number of benzene rings is 1. The van der Waals surface area contributed by atoms with E-state index in [4.69, 9.17) is 11.6 Å². The number of alkyl halides is 1. The maximum atomic E-state index is 12.9. The zero-order valence-electron chi connectivity index (χ0n) is 9.47. The molecule has 0 saturated carbocycles. The number of carbonyl (C=O) groups excluding carboxylic acids is 1. The van der Waals surface area contributed by atoms with Gasteiger partial charge >= 0.3 is 0 Å². The van der Waals surface area contributed by atoms with E-state index in [2.05, 4.69) is 5.32 Å². The standard InChI is InChI=1S/C12H14ClF2NO/c1-8(3-2-6-13)16-12(17)9-4-5-10(14)11(15)7-9/h4-5,7-8H,2-3,6H2,1H3,(H,16,17). The van der Waals surface area contributed by atoms with Crippen LogP contribution in [0.2, 0.25) is 0 Å². The van der Waals surface area contributed by atoms with Crippen molar-refractivity contribution < 1.29 is 13.6 Å². The highest BCUT2D eigenvalue weighted by molar-refractivity contribution is 6.17. The third-order valence-corrected chi connectivity index (χ3v) is 2.60. The van der Waals surface area contributed by atoms with Crippen LogP contribution >= 0.6 is 11.6 Å². The van der Waals surface area contributed by atoms with Crippen molar-refractivity contribution in [1.29, 1.82) is 0 Å². The largest absolute Gasteiger partial charge is 0.350 e. The first-order valence-corrected chi connectivity index (χ1v) is 5.90. The molecular weight excluding hydrogens is 248 g/mol. The molecule has 0 spiro atoms. The van der Waals surface area contributed by atoms with Gasteiger partial charge in [-0.2, -0.15) is 0 Å². The first-order chi connectivity index (χ1) is 8.04. The van der Waals surface area contributed by atoms with Gasteiger partial charge in [0.1, 0.15) is 0 Å². The van der Waals surface area contributed by atoms with Gasteiger partial charge in [-0.15, -0.1) is 11.6 Å². The highest BCUT2D eigenvalue weighted by Gasteiger charge is 2.11. The molecule has 0 aromatic heterocycles. The van der Waals surface area contributed by atoms with Gasteiger partial charge in [-0.05, 0) is 38.0 Å². The van der Waals surface area contributed by atoms with Crippen LogP contribution < -0.4 is 5.32 Å². The van der Waals surface area contributed by atoms with E-state index in [1.807, 2.05) is 6.92 Å². The van der Waals surface area contributed by atoms with Gasteiger partial charge in [-0.1, -0.05) is 0 Å². The van der Waals surface area contributed by atoms with Crippen LogP contribution in [0.4, 0.5) is 8.78 Å². The van der Waals surface area contributed by atoms with E-state index in [9.17, 15) is 13.6 Å². The minimum atomic E-state index is -1.02. The van der Waals surface area contributed by atoms with Crippen molar-refractivity contribution in [3.8, 4) is 0 Å². The van der Waals surface area contributed by atoms with E-state index in [0.29, 0.717) is 5.88 Å². The van der Waals surface area contributed by atoms with E-state index >= 15 is 0 Å². The van der Waals surface area contributed by atoms with Crippen molar-refractivity contribution in [2.45, 2.75) is 25.8 Å². The number of carbonyl (C=O) groups is 1. The molecule has 94 valence electrons. The molecule has 0 aliphatic rings. The molecule has 1 aromatic carbocycles. The second-order valence-electron chi connectivity index (χ2n) is 3.83. The number of amides is 1. The van der Waals surface area contributed by atoms with Crippen molar-refractivity contribution in [3.63, 3.8) is 0 Å². The molecule has 1 atom stereocenters. The molecule has 0 saturated heterocycles. The number of halogens is 3. The summed E-state index contributed by atoms with van der Waals surface area (Å²) < 4.78 is 25.6. The molecule has 1 unspecified atom stereocenters. The lowest BCUT2D eigenvalue weighted by atomic mass is 10.1. The Kier molecular flexibility index (Phi) is 5.35. The molecule has 2 nitrogen and oxygen atoms in total. The fraction of sp³-hybridized carbons (Fsp3) is 0.417. The van der Waals surface area contributed by atoms with E-state index in [-0.39, 0.29) is 11.6 Å². The third kappa shape index (κ3) is 4.30. The summed E-state index contributed by atoms with van der Waals surface area (Å²) in [6.07, 6.45) is 1.54. The SMILES string of the molecule is CC(CCCCl)NC(=O)c1ccc(F)c(F)c1. The van der Waals surface area contributed by atoms with Gasteiger partial charge < -0.3 is 5.32 Å². The highest BCUT2D eigenvalue weighted by atomic mass is 35.5. The zero-order valence-corrected chi connectivity index (χ0v) is 10.2. The van der Waals surface area contributed by atoms with Crippen LogP contribution in [0, 0.1) is 11.6 Å². The first kappa shape index (κ1) is 13.9. The summed E-state index contributed by atoms with van der Waals surface area (Å²) in [6.45, 7) is 1.84. The summed E-state index contributed by atoms with van der Waals surface area (Å²) in [5.41, 5.74) is 0.113. The molecule has 1 N–H and O–H groups in total. The van der Waals surface area contributed by atoms with Gasteiger partial charge in [0.2, 0.25) is 0 Å². The van der Waals surface area contributed by atoms with Crippen LogP contribution in [0.15, 0.2) is 18.2 Å². The van der Waals surface area contributed by atoms with E-state index in [1.54, 1.807) is 0 Å². The molecule has 0 aliphatic carbocycles. The van der Waals surface area contributed by atoms with Crippen LogP contribution in [-0.4, -0.2) is 17.8 Å². The number of hydrogen-bond donors (Lipinski definition) is 1. The van der Waals surface area contributed by atoms with Crippen LogP contribution in [0.5, 0.6) is 0 Å². The van der Waals surface area contributed by atoms with Crippen molar-refractivity contribution in [2.75, 3.05) is 5.88 Å². The molecule has 0 bridgehead atoms. The molecule has 1 amide bonds. The van der Waals surface area contributed by atoms with Crippen LogP contribution in [0.1, 0.15) is 30.1 Å². The monoisotopic (exact) mass is 261 g/mol. The van der Waals surface area contributed by atoms with E-state index in [0.717, 1.165) is 25.0 Å². The second-order valence-corrected chi connectivity index (χ2v) is 4.21. The fourth-order valence-corrected chi connectivity index (χ4v) is 1.55. The minimum absolute atomic E-state index is 0.0469. The quantitative estimate of drug-likeness (QED) is 0.811. The predicted octanol–water partition coefficient (Wildman–Crippen LogP) is 3.10. The zero-order chi connectivity index (χ0) is 12.8. The van der Waals surface area contributed by atoms with Gasteiger partial charge in [-0.3, -0.25) is 4.79 Å². The molecule has 0 radical (unpaired) electrons. The highest BCUT2D eigenvalue weighted by Crippen LogP contribution is 2.09. The Morgan fingerprint density at radius 1 is 1.41 bits per heavy atom. The minimum Gasteiger partial charge on any atom is -0.350 e. The van der Waals surface area contributed by atoms with Gasteiger partial charge in [-0.25, -0.2) is 8.78 Å². The summed E-state index contributed by atoms with van der Waals surface area (Å²) in [7, 11) is 0. The predicted molar refractivity (Wildman–Crippen MR) is 63.2 cm³/mol. The van der Waals surface area contributed by atoms with E-state index in [1.165, 1.54) is 6.07 Å². The van der Waals surface area contributed by atoms with Gasteiger partial charge in [0, 0.05) is 17.5 Å². The molecule has 5 heteroatoms. The summed E-state index contributed by atoms with van der Waals surface area (Å²) in [4.78, 5) is 11.6. The summed E-state index contributed by atoms with van der Waals surface area (Å²) in [5.74, 6) is -1.86. The van der Waals surface area contributed by atoms with E-state index < -0.39 is 17.5 Å². The number of rotatable bonds is 5. The molecule has 0 heterocycles. The van der Waals surface area contributed by atoms with Crippen LogP contribution in [0.25, 0.3) is 0 Å². The maximum Gasteiger partial charge on any atom is 0.251 e. The van der Waals surface area contributed by atoms with Gasteiger partial charge in [0.05, 0.1) is 0 Å². The Bertz CT molecular complexity index is 398. The maximum absolute atomic E-state index is 12.9. The lowest BCUT2D eigenvalue weighted by molar-refractivity contribution is 0.0938. The Labute approximate surface area is 104 Å². The van der Waals surface area contributed by atoms with Crippen molar-refractivity contribution in [2.24, 2.45) is 0 Å². The normalized spacial score (nSPS) is 12.2. The van der Waals surface area contributed by atoms with Crippen molar-refractivity contribution in [3.05, 3.63) is 35.4 Å². The molecule has 0 fully saturated rings. The molecule has 1 rings (SSSR count). The smallest absolute Gasteiger partial charge is 0.251 e. The number of hydrogen-bond acceptors (Lipinski definition) is 1. The van der Waals surface area contributed by atoms with Gasteiger partial charge in [0.15, 0.2) is 11.6 Å². The van der Waals surface area contributed by atoms with Crippen molar-refractivity contribution in [1.82, 2.24) is 5.32 Å². The topological polar surface area (TPSA) is 29.1 Å². The van der Waals surface area contributed by atoms with Crippen LogP contribution in [0.3, 0.4) is 0 Å². The lowest BCUT2D eigenvalue weighted by Gasteiger charge is -2.13. The van der Waals surface area contributed by atoms with Gasteiger partial charge in [0.25, 0.3) is 5.91 Å². The molecule has 0 aliphatic heterocycles.